The first kappa shape index (κ1) is 13.6. The fourth-order valence-electron chi connectivity index (χ4n) is 3.55. The Morgan fingerprint density at radius 2 is 1.85 bits per heavy atom. The van der Waals surface area contributed by atoms with Crippen LogP contribution in [-0.2, 0) is 4.79 Å². The zero-order valence-corrected chi connectivity index (χ0v) is 12.2. The van der Waals surface area contributed by atoms with Crippen molar-refractivity contribution in [3.8, 4) is 0 Å². The molecule has 0 bridgehead atoms. The van der Waals surface area contributed by atoms with Gasteiger partial charge in [-0.05, 0) is 44.0 Å². The van der Waals surface area contributed by atoms with E-state index in [-0.39, 0.29) is 5.92 Å². The van der Waals surface area contributed by atoms with Crippen molar-refractivity contribution in [2.45, 2.75) is 25.2 Å². The van der Waals surface area contributed by atoms with Crippen LogP contribution in [0.2, 0.25) is 0 Å². The van der Waals surface area contributed by atoms with E-state index in [4.69, 9.17) is 0 Å². The highest BCUT2D eigenvalue weighted by Crippen LogP contribution is 2.33. The lowest BCUT2D eigenvalue weighted by Crippen LogP contribution is -2.41. The first-order valence-electron chi connectivity index (χ1n) is 7.63. The van der Waals surface area contributed by atoms with Gasteiger partial charge >= 0.3 is 0 Å². The van der Waals surface area contributed by atoms with Crippen LogP contribution in [0.3, 0.4) is 0 Å². The molecule has 4 heteroatoms. The van der Waals surface area contributed by atoms with Crippen molar-refractivity contribution >= 4 is 5.91 Å². The van der Waals surface area contributed by atoms with Crippen molar-refractivity contribution in [1.29, 1.82) is 0 Å². The standard InChI is InChI=1S/C16H23N3O/c1-18-11-14(13-5-7-17-8-6-13)15(12-18)16(20)19-9-3-2-4-10-19/h5-8,14-15H,2-4,9-12H2,1H3/t14-,15+/m1/s1. The Balaban J connectivity index is 1.77. The third-order valence-electron chi connectivity index (χ3n) is 4.62. The second-order valence-electron chi connectivity index (χ2n) is 6.10. The summed E-state index contributed by atoms with van der Waals surface area (Å²) in [5.41, 5.74) is 1.25. The number of hydrogen-bond acceptors (Lipinski definition) is 3. The molecule has 108 valence electrons. The molecule has 2 aliphatic rings. The number of aromatic nitrogens is 1. The number of hydrogen-bond donors (Lipinski definition) is 0. The summed E-state index contributed by atoms with van der Waals surface area (Å²) in [5, 5.41) is 0. The van der Waals surface area contributed by atoms with Crippen LogP contribution in [0.1, 0.15) is 30.7 Å². The Kier molecular flexibility index (Phi) is 4.01. The number of rotatable bonds is 2. The van der Waals surface area contributed by atoms with E-state index >= 15 is 0 Å². The zero-order chi connectivity index (χ0) is 13.9. The zero-order valence-electron chi connectivity index (χ0n) is 12.2. The number of carbonyl (C=O) groups is 1. The molecule has 0 spiro atoms. The van der Waals surface area contributed by atoms with E-state index < -0.39 is 0 Å². The molecule has 1 aromatic rings. The molecule has 2 saturated heterocycles. The predicted octanol–water partition coefficient (Wildman–Crippen LogP) is 1.74. The Morgan fingerprint density at radius 3 is 2.55 bits per heavy atom. The first-order chi connectivity index (χ1) is 9.75. The van der Waals surface area contributed by atoms with Crippen LogP contribution in [0.4, 0.5) is 0 Å². The lowest BCUT2D eigenvalue weighted by Gasteiger charge is -2.31. The van der Waals surface area contributed by atoms with Crippen LogP contribution in [-0.4, -0.2) is 53.9 Å². The molecule has 0 N–H and O–H groups in total. The molecular formula is C16H23N3O. The normalized spacial score (nSPS) is 27.8. The Labute approximate surface area is 120 Å². The van der Waals surface area contributed by atoms with Crippen LogP contribution >= 0.6 is 0 Å². The molecule has 0 unspecified atom stereocenters. The molecule has 2 aliphatic heterocycles. The number of piperidine rings is 1. The van der Waals surface area contributed by atoms with Gasteiger partial charge in [0.2, 0.25) is 5.91 Å². The second kappa shape index (κ2) is 5.92. The maximum atomic E-state index is 12.8. The minimum Gasteiger partial charge on any atom is -0.342 e. The molecule has 1 aromatic heterocycles. The number of pyridine rings is 1. The maximum absolute atomic E-state index is 12.8. The molecular weight excluding hydrogens is 250 g/mol. The van der Waals surface area contributed by atoms with E-state index in [1.807, 2.05) is 12.4 Å². The molecule has 4 nitrogen and oxygen atoms in total. The van der Waals surface area contributed by atoms with Crippen molar-refractivity contribution in [3.63, 3.8) is 0 Å². The molecule has 20 heavy (non-hydrogen) atoms. The number of amides is 1. The summed E-state index contributed by atoms with van der Waals surface area (Å²) >= 11 is 0. The van der Waals surface area contributed by atoms with Crippen molar-refractivity contribution in [3.05, 3.63) is 30.1 Å². The molecule has 1 amide bonds. The van der Waals surface area contributed by atoms with Gasteiger partial charge in [-0.15, -0.1) is 0 Å². The molecule has 0 aliphatic carbocycles. The van der Waals surface area contributed by atoms with E-state index in [1.165, 1.54) is 12.0 Å². The van der Waals surface area contributed by atoms with Crippen LogP contribution in [0.15, 0.2) is 24.5 Å². The van der Waals surface area contributed by atoms with Gasteiger partial charge in [-0.1, -0.05) is 0 Å². The van der Waals surface area contributed by atoms with E-state index in [0.717, 1.165) is 39.0 Å². The van der Waals surface area contributed by atoms with Gasteiger partial charge in [0.15, 0.2) is 0 Å². The van der Waals surface area contributed by atoms with Gasteiger partial charge < -0.3 is 9.80 Å². The summed E-state index contributed by atoms with van der Waals surface area (Å²) in [4.78, 5) is 21.3. The van der Waals surface area contributed by atoms with Gasteiger partial charge in [0.25, 0.3) is 0 Å². The summed E-state index contributed by atoms with van der Waals surface area (Å²) in [6.07, 6.45) is 7.25. The lowest BCUT2D eigenvalue weighted by atomic mass is 9.88. The van der Waals surface area contributed by atoms with Crippen molar-refractivity contribution in [2.24, 2.45) is 5.92 Å². The number of nitrogens with zero attached hydrogens (tertiary/aromatic N) is 3. The third-order valence-corrected chi connectivity index (χ3v) is 4.62. The molecule has 3 rings (SSSR count). The van der Waals surface area contributed by atoms with Crippen LogP contribution in [0.25, 0.3) is 0 Å². The third kappa shape index (κ3) is 2.70. The summed E-state index contributed by atoms with van der Waals surface area (Å²) in [6, 6.07) is 4.11. The van der Waals surface area contributed by atoms with Crippen LogP contribution < -0.4 is 0 Å². The Morgan fingerprint density at radius 1 is 1.15 bits per heavy atom. The van der Waals surface area contributed by atoms with Crippen molar-refractivity contribution in [1.82, 2.24) is 14.8 Å². The van der Waals surface area contributed by atoms with Gasteiger partial charge in [-0.3, -0.25) is 9.78 Å². The highest BCUT2D eigenvalue weighted by Gasteiger charge is 2.39. The molecule has 0 aromatic carbocycles. The van der Waals surface area contributed by atoms with Crippen LogP contribution in [0.5, 0.6) is 0 Å². The summed E-state index contributed by atoms with van der Waals surface area (Å²) in [5.74, 6) is 0.786. The lowest BCUT2D eigenvalue weighted by molar-refractivity contribution is -0.136. The molecule has 2 fully saturated rings. The van der Waals surface area contributed by atoms with Gasteiger partial charge in [0.05, 0.1) is 5.92 Å². The highest BCUT2D eigenvalue weighted by molar-refractivity contribution is 5.80. The fraction of sp³-hybridized carbons (Fsp3) is 0.625. The fourth-order valence-corrected chi connectivity index (χ4v) is 3.55. The van der Waals surface area contributed by atoms with E-state index in [9.17, 15) is 4.79 Å². The van der Waals surface area contributed by atoms with Gasteiger partial charge in [0, 0.05) is 44.5 Å². The van der Waals surface area contributed by atoms with E-state index in [0.29, 0.717) is 11.8 Å². The largest absolute Gasteiger partial charge is 0.342 e. The van der Waals surface area contributed by atoms with Gasteiger partial charge in [-0.25, -0.2) is 0 Å². The van der Waals surface area contributed by atoms with E-state index in [1.54, 1.807) is 0 Å². The average molecular weight is 273 g/mol. The topological polar surface area (TPSA) is 36.4 Å². The molecule has 0 radical (unpaired) electrons. The smallest absolute Gasteiger partial charge is 0.227 e. The SMILES string of the molecule is CN1C[C@H](C(=O)N2CCCCC2)[C@@H](c2ccncc2)C1. The number of likely N-dealkylation sites (N-methyl/N-ethyl adjacent to an activating group) is 1. The average Bonchev–Trinajstić information content (AvgIpc) is 2.90. The highest BCUT2D eigenvalue weighted by atomic mass is 16.2. The predicted molar refractivity (Wildman–Crippen MR) is 78.4 cm³/mol. The quantitative estimate of drug-likeness (QED) is 0.823. The Hall–Kier alpha value is -1.42. The minimum atomic E-state index is 0.112. The van der Waals surface area contributed by atoms with Gasteiger partial charge in [0.1, 0.15) is 0 Å². The van der Waals surface area contributed by atoms with Crippen molar-refractivity contribution < 1.29 is 4.79 Å². The molecule has 3 heterocycles. The number of carbonyl (C=O) groups excluding carboxylic acids is 1. The monoisotopic (exact) mass is 273 g/mol. The molecule has 0 saturated carbocycles. The summed E-state index contributed by atoms with van der Waals surface area (Å²) < 4.78 is 0. The second-order valence-corrected chi connectivity index (χ2v) is 6.10. The maximum Gasteiger partial charge on any atom is 0.227 e. The van der Waals surface area contributed by atoms with E-state index in [2.05, 4.69) is 34.0 Å². The van der Waals surface area contributed by atoms with Crippen molar-refractivity contribution in [2.75, 3.05) is 33.2 Å². The summed E-state index contributed by atoms with van der Waals surface area (Å²) in [6.45, 7) is 3.74. The van der Waals surface area contributed by atoms with Gasteiger partial charge in [-0.2, -0.15) is 0 Å². The minimum absolute atomic E-state index is 0.112. The summed E-state index contributed by atoms with van der Waals surface area (Å²) in [7, 11) is 2.11. The Bertz CT molecular complexity index is 456. The van der Waals surface area contributed by atoms with Crippen LogP contribution in [0, 0.1) is 5.92 Å². The number of likely N-dealkylation sites (tertiary alicyclic amines) is 2. The first-order valence-corrected chi connectivity index (χ1v) is 7.63. The molecule has 2 atom stereocenters.